The van der Waals surface area contributed by atoms with Crippen LogP contribution in [0.5, 0.6) is 0 Å². The summed E-state index contributed by atoms with van der Waals surface area (Å²) in [5, 5.41) is 14.0. The van der Waals surface area contributed by atoms with Crippen molar-refractivity contribution in [1.29, 1.82) is 5.26 Å². The number of H-pyrrole nitrogens is 1. The lowest BCUT2D eigenvalue weighted by Crippen LogP contribution is -2.47. The zero-order chi connectivity index (χ0) is 27.1. The van der Waals surface area contributed by atoms with Crippen LogP contribution in [0.1, 0.15) is 35.3 Å². The second kappa shape index (κ2) is 12.2. The number of anilines is 2. The number of aromatic nitrogens is 3. The number of pyridine rings is 1. The first-order chi connectivity index (χ1) is 18.3. The largest absolute Gasteiger partial charge is 0.423 e. The highest BCUT2D eigenvalue weighted by Crippen LogP contribution is 2.36. The average molecular weight is 536 g/mol. The van der Waals surface area contributed by atoms with E-state index in [0.717, 1.165) is 32.3 Å². The highest BCUT2D eigenvalue weighted by molar-refractivity contribution is 5.88. The van der Waals surface area contributed by atoms with Gasteiger partial charge in [0.05, 0.1) is 24.5 Å². The Morgan fingerprint density at radius 2 is 2.00 bits per heavy atom. The summed E-state index contributed by atoms with van der Waals surface area (Å²) in [6.45, 7) is 4.97. The maximum atomic E-state index is 13.5. The number of hydrogen-bond acceptors (Lipinski definition) is 10. The number of nitrogens with zero attached hydrogens (tertiary/aromatic N) is 6. The van der Waals surface area contributed by atoms with Crippen molar-refractivity contribution in [2.24, 2.45) is 0 Å². The number of alkyl halides is 3. The topological polar surface area (TPSA) is 128 Å². The van der Waals surface area contributed by atoms with Gasteiger partial charge in [-0.15, -0.1) is 5.26 Å². The standard InChI is InChI=1S/C24H28F3N7O4/c25-24(26,27)21-19(14-29-31-22(21)35)34-8-2-4-17(34)15-37-13-3-7-32-9-11-33(12-10-32)20-6-1-5-18(30-20)23(36)38-16-28/h1,5-6,14,17H,2-4,7-13,15H2,(H,31,35). The molecule has 0 bridgehead atoms. The summed E-state index contributed by atoms with van der Waals surface area (Å²) in [4.78, 5) is 33.8. The number of nitriles is 1. The quantitative estimate of drug-likeness (QED) is 0.289. The average Bonchev–Trinajstić information content (AvgIpc) is 3.37. The molecule has 0 saturated carbocycles. The molecule has 38 heavy (non-hydrogen) atoms. The van der Waals surface area contributed by atoms with Crippen LogP contribution in [0.3, 0.4) is 0 Å². The fourth-order valence-electron chi connectivity index (χ4n) is 4.82. The van der Waals surface area contributed by atoms with Crippen LogP contribution in [0.25, 0.3) is 0 Å². The van der Waals surface area contributed by atoms with Crippen molar-refractivity contribution >= 4 is 17.5 Å². The fourth-order valence-corrected chi connectivity index (χ4v) is 4.82. The third kappa shape index (κ3) is 6.59. The van der Waals surface area contributed by atoms with Crippen molar-refractivity contribution in [2.45, 2.75) is 31.5 Å². The smallest absolute Gasteiger partial charge is 0.379 e. The molecule has 0 spiro atoms. The Morgan fingerprint density at radius 1 is 1.21 bits per heavy atom. The van der Waals surface area contributed by atoms with Gasteiger partial charge in [-0.05, 0) is 31.4 Å². The van der Waals surface area contributed by atoms with E-state index in [1.807, 2.05) is 5.10 Å². The minimum absolute atomic E-state index is 0.0782. The second-order valence-electron chi connectivity index (χ2n) is 9.07. The predicted molar refractivity (Wildman–Crippen MR) is 130 cm³/mol. The van der Waals surface area contributed by atoms with Gasteiger partial charge in [-0.1, -0.05) is 6.07 Å². The Labute approximate surface area is 216 Å². The van der Waals surface area contributed by atoms with E-state index in [1.54, 1.807) is 17.0 Å². The van der Waals surface area contributed by atoms with Gasteiger partial charge in [-0.2, -0.15) is 18.3 Å². The first-order valence-electron chi connectivity index (χ1n) is 12.3. The summed E-state index contributed by atoms with van der Waals surface area (Å²) in [7, 11) is 0. The van der Waals surface area contributed by atoms with Gasteiger partial charge >= 0.3 is 12.1 Å². The van der Waals surface area contributed by atoms with Crippen LogP contribution in [0.2, 0.25) is 0 Å². The summed E-state index contributed by atoms with van der Waals surface area (Å²) in [6, 6.07) is 4.74. The Bertz CT molecular complexity index is 1210. The number of rotatable bonds is 9. The molecule has 2 fully saturated rings. The summed E-state index contributed by atoms with van der Waals surface area (Å²) in [6.07, 6.45) is -0.206. The maximum absolute atomic E-state index is 13.5. The Kier molecular flexibility index (Phi) is 8.80. The van der Waals surface area contributed by atoms with Crippen molar-refractivity contribution in [2.75, 3.05) is 62.3 Å². The number of nitrogens with one attached hydrogen (secondary N) is 1. The van der Waals surface area contributed by atoms with E-state index in [-0.39, 0.29) is 24.0 Å². The van der Waals surface area contributed by atoms with Crippen LogP contribution < -0.4 is 15.4 Å². The number of esters is 1. The van der Waals surface area contributed by atoms with E-state index in [9.17, 15) is 22.8 Å². The number of halogens is 3. The van der Waals surface area contributed by atoms with Gasteiger partial charge in [-0.25, -0.2) is 14.9 Å². The lowest BCUT2D eigenvalue weighted by atomic mass is 10.2. The van der Waals surface area contributed by atoms with E-state index >= 15 is 0 Å². The molecule has 2 aliphatic rings. The first-order valence-corrected chi connectivity index (χ1v) is 12.3. The van der Waals surface area contributed by atoms with E-state index in [0.29, 0.717) is 44.9 Å². The zero-order valence-corrected chi connectivity index (χ0v) is 20.6. The van der Waals surface area contributed by atoms with Gasteiger partial charge in [0.15, 0.2) is 5.69 Å². The first kappa shape index (κ1) is 27.3. The van der Waals surface area contributed by atoms with Gasteiger partial charge in [0.1, 0.15) is 11.4 Å². The van der Waals surface area contributed by atoms with Crippen LogP contribution in [-0.2, 0) is 15.7 Å². The molecule has 11 nitrogen and oxygen atoms in total. The summed E-state index contributed by atoms with van der Waals surface area (Å²) < 4.78 is 50.6. The molecule has 0 aromatic carbocycles. The predicted octanol–water partition coefficient (Wildman–Crippen LogP) is 2.02. The molecule has 2 aliphatic heterocycles. The maximum Gasteiger partial charge on any atom is 0.423 e. The van der Waals surface area contributed by atoms with Gasteiger partial charge in [0, 0.05) is 45.9 Å². The molecule has 2 saturated heterocycles. The lowest BCUT2D eigenvalue weighted by Gasteiger charge is -2.35. The monoisotopic (exact) mass is 535 g/mol. The number of hydrogen-bond donors (Lipinski definition) is 1. The molecule has 1 N–H and O–H groups in total. The fraction of sp³-hybridized carbons (Fsp3) is 0.542. The van der Waals surface area contributed by atoms with E-state index in [1.165, 1.54) is 12.3 Å². The van der Waals surface area contributed by atoms with Crippen LogP contribution in [0.4, 0.5) is 24.7 Å². The van der Waals surface area contributed by atoms with Gasteiger partial charge < -0.3 is 19.3 Å². The minimum atomic E-state index is -4.77. The van der Waals surface area contributed by atoms with Crippen LogP contribution in [0, 0.1) is 11.5 Å². The second-order valence-corrected chi connectivity index (χ2v) is 9.07. The SMILES string of the molecule is N#COC(=O)c1cccc(N2CCN(CCCOCC3CCCN3c3cn[nH]c(=O)c3C(F)(F)F)CC2)n1. The summed E-state index contributed by atoms with van der Waals surface area (Å²) in [5.41, 5.74) is -2.59. The highest BCUT2D eigenvalue weighted by atomic mass is 19.4. The summed E-state index contributed by atoms with van der Waals surface area (Å²) in [5.74, 6) is -0.144. The highest BCUT2D eigenvalue weighted by Gasteiger charge is 2.40. The molecular formula is C24H28F3N7O4. The van der Waals surface area contributed by atoms with Crippen molar-refractivity contribution in [3.05, 3.63) is 46.0 Å². The van der Waals surface area contributed by atoms with Gasteiger partial charge in [0.25, 0.3) is 11.8 Å². The number of carbonyl (C=O) groups is 1. The molecular weight excluding hydrogens is 507 g/mol. The molecule has 2 aromatic rings. The van der Waals surface area contributed by atoms with Crippen LogP contribution in [0.15, 0.2) is 29.2 Å². The number of ether oxygens (including phenoxy) is 2. The number of piperazine rings is 1. The van der Waals surface area contributed by atoms with Crippen LogP contribution in [-0.4, -0.2) is 84.6 Å². The molecule has 0 aliphatic carbocycles. The Morgan fingerprint density at radius 3 is 2.74 bits per heavy atom. The number of carbonyl (C=O) groups excluding carboxylic acids is 1. The van der Waals surface area contributed by atoms with E-state index in [4.69, 9.17) is 10.00 Å². The molecule has 4 rings (SSSR count). The lowest BCUT2D eigenvalue weighted by molar-refractivity contribution is -0.138. The zero-order valence-electron chi connectivity index (χ0n) is 20.6. The molecule has 14 heteroatoms. The van der Waals surface area contributed by atoms with Gasteiger partial charge in [0.2, 0.25) is 0 Å². The third-order valence-corrected chi connectivity index (χ3v) is 6.66. The van der Waals surface area contributed by atoms with Gasteiger partial charge in [-0.3, -0.25) is 9.69 Å². The molecule has 204 valence electrons. The number of aromatic amines is 1. The third-order valence-electron chi connectivity index (χ3n) is 6.66. The summed E-state index contributed by atoms with van der Waals surface area (Å²) >= 11 is 0. The van der Waals surface area contributed by atoms with Crippen molar-refractivity contribution < 1.29 is 27.4 Å². The van der Waals surface area contributed by atoms with E-state index < -0.39 is 23.3 Å². The molecule has 4 heterocycles. The molecule has 0 radical (unpaired) electrons. The molecule has 1 atom stereocenters. The van der Waals surface area contributed by atoms with E-state index in [2.05, 4.69) is 24.6 Å². The van der Waals surface area contributed by atoms with Crippen molar-refractivity contribution in [3.63, 3.8) is 0 Å². The minimum Gasteiger partial charge on any atom is -0.379 e. The molecule has 2 aromatic heterocycles. The normalized spacial score (nSPS) is 18.4. The Balaban J connectivity index is 1.20. The molecule has 0 amide bonds. The van der Waals surface area contributed by atoms with Crippen LogP contribution >= 0.6 is 0 Å². The molecule has 1 unspecified atom stereocenters. The van der Waals surface area contributed by atoms with Crippen molar-refractivity contribution in [1.82, 2.24) is 20.1 Å². The Hall–Kier alpha value is -3.70. The van der Waals surface area contributed by atoms with Crippen molar-refractivity contribution in [3.8, 4) is 6.26 Å².